The molecule has 0 unspecified atom stereocenters. The van der Waals surface area contributed by atoms with E-state index in [1.807, 2.05) is 42.5 Å². The number of rotatable bonds is 7. The highest BCUT2D eigenvalue weighted by Gasteiger charge is 2.43. The van der Waals surface area contributed by atoms with Gasteiger partial charge in [0.1, 0.15) is 12.4 Å². The van der Waals surface area contributed by atoms with E-state index in [1.165, 1.54) is 0 Å². The maximum Gasteiger partial charge on any atom is 0.347 e. The van der Waals surface area contributed by atoms with Gasteiger partial charge in [-0.05, 0) is 11.1 Å². The number of hydrogen-bond acceptors (Lipinski definition) is 5. The van der Waals surface area contributed by atoms with Crippen LogP contribution in [0.2, 0.25) is 0 Å². The first-order valence-electron chi connectivity index (χ1n) is 10.8. The second-order valence-corrected chi connectivity index (χ2v) is 8.58. The molecule has 6 heteroatoms. The number of likely N-dealkylation sites (N-methyl/N-ethyl adjacent to an activating group) is 1. The Morgan fingerprint density at radius 2 is 1.65 bits per heavy atom. The third kappa shape index (κ3) is 4.70. The van der Waals surface area contributed by atoms with Gasteiger partial charge in [-0.3, -0.25) is 0 Å². The molecule has 31 heavy (non-hydrogen) atoms. The summed E-state index contributed by atoms with van der Waals surface area (Å²) in [4.78, 5) is 13.3. The van der Waals surface area contributed by atoms with E-state index < -0.39 is 11.6 Å². The molecule has 0 aliphatic carbocycles. The fourth-order valence-corrected chi connectivity index (χ4v) is 4.26. The minimum atomic E-state index is -1.83. The van der Waals surface area contributed by atoms with E-state index in [2.05, 4.69) is 12.2 Å². The molecule has 0 saturated carbocycles. The van der Waals surface area contributed by atoms with Crippen LogP contribution in [0.25, 0.3) is 0 Å². The number of quaternary nitrogens is 1. The minimum Gasteiger partial charge on any atom is -0.459 e. The molecule has 3 aromatic rings. The summed E-state index contributed by atoms with van der Waals surface area (Å²) < 4.78 is 11.7. The second-order valence-electron chi connectivity index (χ2n) is 8.58. The normalized spacial score (nSPS) is 21.5. The number of carbonyl (C=O) groups is 1. The number of esters is 1. The van der Waals surface area contributed by atoms with Crippen LogP contribution < -0.4 is 0 Å². The molecule has 1 N–H and O–H groups in total. The molecule has 6 nitrogen and oxygen atoms in total. The van der Waals surface area contributed by atoms with Gasteiger partial charge in [0.05, 0.1) is 32.4 Å². The molecule has 0 amide bonds. The third-order valence-corrected chi connectivity index (χ3v) is 6.33. The van der Waals surface area contributed by atoms with Crippen molar-refractivity contribution in [1.82, 2.24) is 5.16 Å². The maximum absolute atomic E-state index is 13.3. The molecule has 1 saturated heterocycles. The highest BCUT2D eigenvalue weighted by molar-refractivity contribution is 5.85. The lowest BCUT2D eigenvalue weighted by molar-refractivity contribution is -0.914. The van der Waals surface area contributed by atoms with Gasteiger partial charge in [-0.15, -0.1) is 0 Å². The van der Waals surface area contributed by atoms with Crippen molar-refractivity contribution in [1.29, 1.82) is 0 Å². The topological polar surface area (TPSA) is 72.6 Å². The smallest absolute Gasteiger partial charge is 0.347 e. The summed E-state index contributed by atoms with van der Waals surface area (Å²) in [6, 6.07) is 19.9. The van der Waals surface area contributed by atoms with Gasteiger partial charge in [-0.25, -0.2) is 4.79 Å². The SMILES string of the molecule is C[N+]1(CCc2ccon2)CCC(OC(=O)C(O)(c2ccccc2)c2ccccc2)CC1. The first-order chi connectivity index (χ1) is 15.0. The van der Waals surface area contributed by atoms with Gasteiger partial charge < -0.3 is 18.8 Å². The predicted octanol–water partition coefficient (Wildman–Crippen LogP) is 3.31. The molecule has 0 atom stereocenters. The quantitative estimate of drug-likeness (QED) is 0.468. The molecule has 0 spiro atoms. The van der Waals surface area contributed by atoms with E-state index in [9.17, 15) is 9.90 Å². The second kappa shape index (κ2) is 9.04. The zero-order valence-corrected chi connectivity index (χ0v) is 17.8. The van der Waals surface area contributed by atoms with Gasteiger partial charge in [-0.2, -0.15) is 0 Å². The number of benzene rings is 2. The lowest BCUT2D eigenvalue weighted by Gasteiger charge is -2.40. The molecule has 1 fully saturated rings. The summed E-state index contributed by atoms with van der Waals surface area (Å²) in [6.45, 7) is 2.78. The molecule has 162 valence electrons. The molecule has 2 aromatic carbocycles. The standard InChI is InChI=1S/C25H29N2O4/c1-27(16-12-22-15-19-30-26-22)17-13-23(14-18-27)31-24(28)25(29,20-8-4-2-5-9-20)21-10-6-3-7-11-21/h2-11,15,19,23,29H,12-14,16-18H2,1H3/q+1. The van der Waals surface area contributed by atoms with Crippen molar-refractivity contribution >= 4 is 5.97 Å². The average molecular weight is 422 g/mol. The zero-order valence-electron chi connectivity index (χ0n) is 17.8. The summed E-state index contributed by atoms with van der Waals surface area (Å²) in [5, 5.41) is 15.5. The Balaban J connectivity index is 1.43. The molecule has 4 rings (SSSR count). The fraction of sp³-hybridized carbons (Fsp3) is 0.360. The Labute approximate surface area is 182 Å². The summed E-state index contributed by atoms with van der Waals surface area (Å²) in [7, 11) is 2.22. The van der Waals surface area contributed by atoms with Crippen molar-refractivity contribution in [3.63, 3.8) is 0 Å². The zero-order chi connectivity index (χ0) is 21.7. The van der Waals surface area contributed by atoms with Crippen LogP contribution in [0.5, 0.6) is 0 Å². The molecular weight excluding hydrogens is 392 g/mol. The third-order valence-electron chi connectivity index (χ3n) is 6.33. The Hall–Kier alpha value is -2.96. The van der Waals surface area contributed by atoms with Crippen LogP contribution in [-0.2, 0) is 21.6 Å². The number of aliphatic hydroxyl groups is 1. The molecule has 1 aliphatic rings. The van der Waals surface area contributed by atoms with E-state index in [1.54, 1.807) is 30.5 Å². The van der Waals surface area contributed by atoms with Crippen LogP contribution in [0.4, 0.5) is 0 Å². The summed E-state index contributed by atoms with van der Waals surface area (Å²) >= 11 is 0. The van der Waals surface area contributed by atoms with Gasteiger partial charge >= 0.3 is 5.97 Å². The first-order valence-corrected chi connectivity index (χ1v) is 10.8. The van der Waals surface area contributed by atoms with Crippen molar-refractivity contribution in [2.75, 3.05) is 26.7 Å². The summed E-state index contributed by atoms with van der Waals surface area (Å²) in [6.07, 6.45) is 3.78. The van der Waals surface area contributed by atoms with E-state index in [0.717, 1.165) is 49.1 Å². The highest BCUT2D eigenvalue weighted by Crippen LogP contribution is 2.32. The van der Waals surface area contributed by atoms with Gasteiger partial charge in [-0.1, -0.05) is 65.8 Å². The monoisotopic (exact) mass is 421 g/mol. The maximum atomic E-state index is 13.3. The van der Waals surface area contributed by atoms with E-state index in [4.69, 9.17) is 9.26 Å². The van der Waals surface area contributed by atoms with Gasteiger partial charge in [0.25, 0.3) is 0 Å². The van der Waals surface area contributed by atoms with Crippen molar-refractivity contribution < 1.29 is 23.6 Å². The van der Waals surface area contributed by atoms with Crippen LogP contribution in [0.1, 0.15) is 29.7 Å². The number of hydrogen-bond donors (Lipinski definition) is 1. The minimum absolute atomic E-state index is 0.204. The van der Waals surface area contributed by atoms with Crippen LogP contribution in [0.3, 0.4) is 0 Å². The van der Waals surface area contributed by atoms with Crippen LogP contribution >= 0.6 is 0 Å². The molecule has 0 radical (unpaired) electrons. The summed E-state index contributed by atoms with van der Waals surface area (Å²) in [5.74, 6) is -0.617. The predicted molar refractivity (Wildman–Crippen MR) is 116 cm³/mol. The Morgan fingerprint density at radius 1 is 1.06 bits per heavy atom. The van der Waals surface area contributed by atoms with Crippen molar-refractivity contribution in [2.24, 2.45) is 0 Å². The molecule has 0 bridgehead atoms. The lowest BCUT2D eigenvalue weighted by Crippen LogP contribution is -2.53. The van der Waals surface area contributed by atoms with Gasteiger partial charge in [0.2, 0.25) is 5.60 Å². The summed E-state index contributed by atoms with van der Waals surface area (Å²) in [5.41, 5.74) is 0.152. The Kier molecular flexibility index (Phi) is 6.20. The average Bonchev–Trinajstić information content (AvgIpc) is 3.34. The first kappa shape index (κ1) is 21.3. The number of piperidine rings is 1. The van der Waals surface area contributed by atoms with Crippen molar-refractivity contribution in [2.45, 2.75) is 31.0 Å². The van der Waals surface area contributed by atoms with E-state index in [0.29, 0.717) is 11.1 Å². The lowest BCUT2D eigenvalue weighted by atomic mass is 9.86. The van der Waals surface area contributed by atoms with Crippen LogP contribution in [0, 0.1) is 0 Å². The Bertz CT molecular complexity index is 926. The van der Waals surface area contributed by atoms with Gasteiger partial charge in [0.15, 0.2) is 0 Å². The fourth-order valence-electron chi connectivity index (χ4n) is 4.26. The van der Waals surface area contributed by atoms with Crippen molar-refractivity contribution in [3.05, 3.63) is 89.8 Å². The number of nitrogens with zero attached hydrogens (tertiary/aromatic N) is 2. The largest absolute Gasteiger partial charge is 0.459 e. The van der Waals surface area contributed by atoms with Crippen LogP contribution in [0.15, 0.2) is 77.5 Å². The molecule has 2 heterocycles. The van der Waals surface area contributed by atoms with E-state index in [-0.39, 0.29) is 6.10 Å². The van der Waals surface area contributed by atoms with E-state index >= 15 is 0 Å². The van der Waals surface area contributed by atoms with Crippen LogP contribution in [-0.4, -0.2) is 53.5 Å². The number of carbonyl (C=O) groups excluding carboxylic acids is 1. The highest BCUT2D eigenvalue weighted by atomic mass is 16.6. The number of ether oxygens (including phenoxy) is 1. The molecule has 1 aromatic heterocycles. The van der Waals surface area contributed by atoms with Crippen molar-refractivity contribution in [3.8, 4) is 0 Å². The van der Waals surface area contributed by atoms with Gasteiger partial charge in [0, 0.05) is 25.3 Å². The number of likely N-dealkylation sites (tertiary alicyclic amines) is 1. The number of aromatic nitrogens is 1. The Morgan fingerprint density at radius 3 is 2.16 bits per heavy atom. The molecule has 1 aliphatic heterocycles. The molecular formula is C25H29N2O4+.